The van der Waals surface area contributed by atoms with E-state index in [1.165, 1.54) is 6.07 Å². The predicted molar refractivity (Wildman–Crippen MR) is 115 cm³/mol. The van der Waals surface area contributed by atoms with Crippen molar-refractivity contribution in [3.63, 3.8) is 0 Å². The van der Waals surface area contributed by atoms with Crippen molar-refractivity contribution in [3.05, 3.63) is 29.8 Å². The van der Waals surface area contributed by atoms with Crippen LogP contribution >= 0.6 is 40.5 Å². The van der Waals surface area contributed by atoms with Gasteiger partial charge >= 0.3 is 5.97 Å². The number of ketones is 1. The Hall–Kier alpha value is -1.30. The maximum Gasteiger partial charge on any atom is 0.336 e. The standard InChI is InChI=1S/C17H19F2NO5.3H2S/c1-8(2)6-9(7-12(21)14-15(25-14)17(23)24)16(22)20-13-10(18)4-3-5-11(13)19;;;/h3-5,8-9,14-15H,6-7H2,1-2H3,(H,20,22)(H,23,24);3*1H2/t9-,14-,15+;;;/m1.../s1. The highest BCUT2D eigenvalue weighted by Gasteiger charge is 2.50. The maximum absolute atomic E-state index is 13.7. The molecular weight excluding hydrogens is 432 g/mol. The summed E-state index contributed by atoms with van der Waals surface area (Å²) in [5, 5.41) is 11.0. The van der Waals surface area contributed by atoms with Crippen LogP contribution in [0.5, 0.6) is 0 Å². The van der Waals surface area contributed by atoms with Crippen molar-refractivity contribution >= 4 is 63.8 Å². The van der Waals surface area contributed by atoms with Crippen LogP contribution in [0.25, 0.3) is 0 Å². The molecule has 3 atom stereocenters. The summed E-state index contributed by atoms with van der Waals surface area (Å²) in [6.45, 7) is 3.67. The molecule has 1 saturated heterocycles. The van der Waals surface area contributed by atoms with Gasteiger partial charge in [-0.15, -0.1) is 0 Å². The average molecular weight is 458 g/mol. The molecule has 1 heterocycles. The van der Waals surface area contributed by atoms with Crippen molar-refractivity contribution in [3.8, 4) is 0 Å². The number of nitrogens with one attached hydrogen (secondary N) is 1. The van der Waals surface area contributed by atoms with Crippen molar-refractivity contribution in [2.24, 2.45) is 11.8 Å². The highest BCUT2D eigenvalue weighted by atomic mass is 32.1. The van der Waals surface area contributed by atoms with E-state index in [4.69, 9.17) is 9.84 Å². The molecule has 1 aliphatic rings. The van der Waals surface area contributed by atoms with Crippen LogP contribution in [0, 0.1) is 23.5 Å². The van der Waals surface area contributed by atoms with Gasteiger partial charge < -0.3 is 15.2 Å². The van der Waals surface area contributed by atoms with Gasteiger partial charge in [0.25, 0.3) is 0 Å². The van der Waals surface area contributed by atoms with E-state index < -0.39 is 53.1 Å². The summed E-state index contributed by atoms with van der Waals surface area (Å²) in [6, 6.07) is 3.19. The van der Waals surface area contributed by atoms with Gasteiger partial charge in [0.05, 0.1) is 0 Å². The minimum Gasteiger partial charge on any atom is -0.479 e. The molecule has 6 nitrogen and oxygen atoms in total. The zero-order valence-corrected chi connectivity index (χ0v) is 18.3. The molecule has 1 fully saturated rings. The fourth-order valence-corrected chi connectivity index (χ4v) is 2.60. The Morgan fingerprint density at radius 3 is 2.07 bits per heavy atom. The van der Waals surface area contributed by atoms with E-state index in [-0.39, 0.29) is 52.8 Å². The van der Waals surface area contributed by atoms with Crippen molar-refractivity contribution in [2.75, 3.05) is 5.32 Å². The molecule has 0 aliphatic carbocycles. The van der Waals surface area contributed by atoms with Crippen molar-refractivity contribution in [1.82, 2.24) is 0 Å². The number of hydrogen-bond donors (Lipinski definition) is 2. The molecular formula is C17H25F2NO5S3. The Balaban J connectivity index is 0. The van der Waals surface area contributed by atoms with Crippen LogP contribution in [0.15, 0.2) is 18.2 Å². The quantitative estimate of drug-likeness (QED) is 0.585. The first kappa shape index (κ1) is 28.9. The summed E-state index contributed by atoms with van der Waals surface area (Å²) < 4.78 is 32.1. The smallest absolute Gasteiger partial charge is 0.336 e. The molecule has 2 rings (SSSR count). The summed E-state index contributed by atoms with van der Waals surface area (Å²) in [5.41, 5.74) is -0.570. The van der Waals surface area contributed by atoms with E-state index in [9.17, 15) is 23.2 Å². The number of amides is 1. The van der Waals surface area contributed by atoms with E-state index in [2.05, 4.69) is 5.32 Å². The molecule has 0 spiro atoms. The number of epoxide rings is 1. The lowest BCUT2D eigenvalue weighted by atomic mass is 9.90. The number of Topliss-reactive ketones (excluding diaryl/α,β-unsaturated/α-hetero) is 1. The Morgan fingerprint density at radius 1 is 1.11 bits per heavy atom. The molecule has 28 heavy (non-hydrogen) atoms. The van der Waals surface area contributed by atoms with Gasteiger partial charge in [-0.3, -0.25) is 9.59 Å². The second-order valence-electron chi connectivity index (χ2n) is 6.40. The first-order valence-corrected chi connectivity index (χ1v) is 7.86. The van der Waals surface area contributed by atoms with E-state index in [0.717, 1.165) is 12.1 Å². The second kappa shape index (κ2) is 12.3. The number of aliphatic carboxylic acids is 1. The molecule has 1 aromatic carbocycles. The van der Waals surface area contributed by atoms with Crippen LogP contribution in [-0.4, -0.2) is 35.0 Å². The van der Waals surface area contributed by atoms with Gasteiger partial charge in [-0.25, -0.2) is 13.6 Å². The predicted octanol–water partition coefficient (Wildman–Crippen LogP) is 2.72. The van der Waals surface area contributed by atoms with Crippen molar-refractivity contribution in [1.29, 1.82) is 0 Å². The minimum atomic E-state index is -1.24. The first-order chi connectivity index (χ1) is 11.7. The second-order valence-corrected chi connectivity index (χ2v) is 6.40. The SMILES string of the molecule is CC(C)C[C@H](CC(=O)[C@H]1O[C@@H]1C(=O)O)C(=O)Nc1c(F)cccc1F.S.S.S. The van der Waals surface area contributed by atoms with E-state index in [0.29, 0.717) is 6.42 Å². The molecule has 11 heteroatoms. The molecule has 2 N–H and O–H groups in total. The lowest BCUT2D eigenvalue weighted by molar-refractivity contribution is -0.138. The molecule has 160 valence electrons. The van der Waals surface area contributed by atoms with Crippen LogP contribution in [-0.2, 0) is 19.1 Å². The average Bonchev–Trinajstić information content (AvgIpc) is 3.30. The summed E-state index contributed by atoms with van der Waals surface area (Å²) >= 11 is 0. The normalized spacial score (nSPS) is 18.0. The molecule has 1 amide bonds. The van der Waals surface area contributed by atoms with E-state index in [1.807, 2.05) is 13.8 Å². The molecule has 0 radical (unpaired) electrons. The summed E-state index contributed by atoms with van der Waals surface area (Å²) in [5.74, 6) is -5.08. The largest absolute Gasteiger partial charge is 0.479 e. The van der Waals surface area contributed by atoms with Gasteiger partial charge in [0.2, 0.25) is 5.91 Å². The Kier molecular flexibility index (Phi) is 12.7. The third-order valence-corrected chi connectivity index (χ3v) is 3.84. The molecule has 0 saturated carbocycles. The highest BCUT2D eigenvalue weighted by Crippen LogP contribution is 2.28. The Bertz CT molecular complexity index is 685. The number of anilines is 1. The van der Waals surface area contributed by atoms with Gasteiger partial charge in [0.1, 0.15) is 17.3 Å². The molecule has 1 aliphatic heterocycles. The number of carboxylic acids is 1. The number of hydrogen-bond acceptors (Lipinski definition) is 4. The lowest BCUT2D eigenvalue weighted by Crippen LogP contribution is -2.29. The molecule has 0 unspecified atom stereocenters. The summed E-state index contributed by atoms with van der Waals surface area (Å²) in [7, 11) is 0. The fraction of sp³-hybridized carbons (Fsp3) is 0.471. The number of carboxylic acid groups (broad SMARTS) is 1. The fourth-order valence-electron chi connectivity index (χ4n) is 2.60. The van der Waals surface area contributed by atoms with Gasteiger partial charge in [-0.1, -0.05) is 19.9 Å². The third kappa shape index (κ3) is 7.61. The van der Waals surface area contributed by atoms with Crippen molar-refractivity contribution < 1.29 is 33.0 Å². The van der Waals surface area contributed by atoms with Gasteiger partial charge in [-0.05, 0) is 24.5 Å². The Labute approximate surface area is 182 Å². The number of carbonyl (C=O) groups is 3. The lowest BCUT2D eigenvalue weighted by Gasteiger charge is -2.18. The number of rotatable bonds is 8. The Morgan fingerprint density at radius 2 is 1.64 bits per heavy atom. The molecule has 0 bridgehead atoms. The number of ether oxygens (including phenoxy) is 1. The van der Waals surface area contributed by atoms with Crippen LogP contribution in [0.3, 0.4) is 0 Å². The van der Waals surface area contributed by atoms with Gasteiger partial charge in [0, 0.05) is 12.3 Å². The number of para-hydroxylation sites is 1. The first-order valence-electron chi connectivity index (χ1n) is 7.86. The van der Waals surface area contributed by atoms with Gasteiger partial charge in [0.15, 0.2) is 18.0 Å². The monoisotopic (exact) mass is 457 g/mol. The number of carbonyl (C=O) groups excluding carboxylic acids is 2. The third-order valence-electron chi connectivity index (χ3n) is 3.84. The van der Waals surface area contributed by atoms with Gasteiger partial charge in [-0.2, -0.15) is 40.5 Å². The number of benzene rings is 1. The summed E-state index contributed by atoms with van der Waals surface area (Å²) in [6.07, 6.45) is -2.20. The van der Waals surface area contributed by atoms with E-state index >= 15 is 0 Å². The zero-order chi connectivity index (χ0) is 18.7. The summed E-state index contributed by atoms with van der Waals surface area (Å²) in [4.78, 5) is 35.2. The minimum absolute atomic E-state index is 0. The van der Waals surface area contributed by atoms with Crippen LogP contribution in [0.1, 0.15) is 26.7 Å². The molecule has 1 aromatic rings. The zero-order valence-electron chi connectivity index (χ0n) is 15.3. The number of halogens is 2. The van der Waals surface area contributed by atoms with Crippen LogP contribution in [0.4, 0.5) is 14.5 Å². The topological polar surface area (TPSA) is 96.0 Å². The van der Waals surface area contributed by atoms with E-state index in [1.54, 1.807) is 0 Å². The van der Waals surface area contributed by atoms with Crippen molar-refractivity contribution in [2.45, 2.75) is 38.9 Å². The van der Waals surface area contributed by atoms with Crippen LogP contribution in [0.2, 0.25) is 0 Å². The maximum atomic E-state index is 13.7. The molecule has 0 aromatic heterocycles. The van der Waals surface area contributed by atoms with Crippen LogP contribution < -0.4 is 5.32 Å². The highest BCUT2D eigenvalue weighted by molar-refractivity contribution is 7.59.